The van der Waals surface area contributed by atoms with Crippen molar-refractivity contribution in [3.63, 3.8) is 0 Å². The molecular weight excluding hydrogens is 278 g/mol. The monoisotopic (exact) mass is 299 g/mol. The number of aliphatic carboxylic acids is 1. The molecule has 2 amide bonds. The van der Waals surface area contributed by atoms with Crippen molar-refractivity contribution in [2.45, 2.75) is 39.2 Å². The van der Waals surface area contributed by atoms with Crippen molar-refractivity contribution < 1.29 is 14.7 Å². The molecule has 0 aliphatic heterocycles. The number of rotatable bonds is 7. The average Bonchev–Trinajstić information content (AvgIpc) is 2.89. The minimum absolute atomic E-state index is 0.0523. The van der Waals surface area contributed by atoms with E-state index in [1.54, 1.807) is 24.5 Å². The minimum atomic E-state index is -0.903. The third kappa shape index (κ3) is 4.80. The number of thiazole rings is 1. The predicted octanol–water partition coefficient (Wildman–Crippen LogP) is 2.14. The van der Waals surface area contributed by atoms with E-state index in [9.17, 15) is 9.59 Å². The van der Waals surface area contributed by atoms with Crippen LogP contribution >= 0.6 is 11.3 Å². The Bertz CT molecular complexity index is 436. The number of amides is 2. The lowest BCUT2D eigenvalue weighted by Crippen LogP contribution is -2.46. The fourth-order valence-electron chi connectivity index (χ4n) is 1.93. The number of aromatic nitrogens is 1. The Kier molecular flexibility index (Phi) is 6.44. The second kappa shape index (κ2) is 7.84. The molecule has 0 saturated carbocycles. The summed E-state index contributed by atoms with van der Waals surface area (Å²) in [6.45, 7) is 6.54. The van der Waals surface area contributed by atoms with Crippen molar-refractivity contribution in [1.82, 2.24) is 15.2 Å². The Morgan fingerprint density at radius 1 is 1.50 bits per heavy atom. The van der Waals surface area contributed by atoms with Crippen molar-refractivity contribution in [2.75, 3.05) is 13.1 Å². The summed E-state index contributed by atoms with van der Waals surface area (Å²) in [5.41, 5.74) is 0. The average molecular weight is 299 g/mol. The van der Waals surface area contributed by atoms with Gasteiger partial charge in [0.2, 0.25) is 0 Å². The van der Waals surface area contributed by atoms with Gasteiger partial charge in [-0.05, 0) is 13.8 Å². The van der Waals surface area contributed by atoms with E-state index in [-0.39, 0.29) is 24.4 Å². The quantitative estimate of drug-likeness (QED) is 0.808. The molecule has 0 aliphatic rings. The molecule has 2 atom stereocenters. The van der Waals surface area contributed by atoms with E-state index in [0.717, 1.165) is 5.01 Å². The van der Waals surface area contributed by atoms with Crippen LogP contribution in [0.2, 0.25) is 0 Å². The van der Waals surface area contributed by atoms with Crippen molar-refractivity contribution >= 4 is 23.3 Å². The number of nitrogens with zero attached hydrogens (tertiary/aromatic N) is 2. The lowest BCUT2D eigenvalue weighted by molar-refractivity contribution is -0.138. The summed E-state index contributed by atoms with van der Waals surface area (Å²) in [5.74, 6) is -0.757. The molecule has 0 bridgehead atoms. The third-order valence-corrected chi connectivity index (χ3v) is 4.04. The fraction of sp³-hybridized carbons (Fsp3) is 0.615. The SMILES string of the molecule is CCN(C(=O)NCC(C)c1nccs1)C(C)CC(=O)O. The smallest absolute Gasteiger partial charge is 0.317 e. The molecule has 0 radical (unpaired) electrons. The molecule has 0 saturated heterocycles. The number of carbonyl (C=O) groups is 2. The van der Waals surface area contributed by atoms with E-state index in [1.165, 1.54) is 4.90 Å². The summed E-state index contributed by atoms with van der Waals surface area (Å²) in [7, 11) is 0. The molecule has 20 heavy (non-hydrogen) atoms. The molecule has 1 aromatic rings. The van der Waals surface area contributed by atoms with E-state index in [0.29, 0.717) is 13.1 Å². The van der Waals surface area contributed by atoms with Gasteiger partial charge in [-0.25, -0.2) is 9.78 Å². The topological polar surface area (TPSA) is 82.5 Å². The van der Waals surface area contributed by atoms with Crippen LogP contribution in [0.5, 0.6) is 0 Å². The first kappa shape index (κ1) is 16.4. The normalized spacial score (nSPS) is 13.6. The number of carbonyl (C=O) groups excluding carboxylic acids is 1. The summed E-state index contributed by atoms with van der Waals surface area (Å²) in [6, 6.07) is -0.558. The van der Waals surface area contributed by atoms with Crippen LogP contribution in [0.25, 0.3) is 0 Å². The second-order valence-electron chi connectivity index (χ2n) is 4.69. The second-order valence-corrected chi connectivity index (χ2v) is 5.62. The van der Waals surface area contributed by atoms with Gasteiger partial charge in [-0.3, -0.25) is 4.79 Å². The molecule has 0 aromatic carbocycles. The van der Waals surface area contributed by atoms with Gasteiger partial charge < -0.3 is 15.3 Å². The van der Waals surface area contributed by atoms with Gasteiger partial charge in [0.1, 0.15) is 0 Å². The highest BCUT2D eigenvalue weighted by Crippen LogP contribution is 2.16. The predicted molar refractivity (Wildman–Crippen MR) is 78.0 cm³/mol. The molecule has 7 heteroatoms. The maximum atomic E-state index is 12.1. The number of carboxylic acid groups (broad SMARTS) is 1. The van der Waals surface area contributed by atoms with Gasteiger partial charge in [-0.1, -0.05) is 6.92 Å². The number of urea groups is 1. The summed E-state index contributed by atoms with van der Waals surface area (Å²) in [5, 5.41) is 14.5. The number of hydrogen-bond donors (Lipinski definition) is 2. The highest BCUT2D eigenvalue weighted by molar-refractivity contribution is 7.09. The summed E-state index contributed by atoms with van der Waals surface area (Å²) in [6.07, 6.45) is 1.69. The van der Waals surface area contributed by atoms with Crippen LogP contribution in [-0.4, -0.2) is 46.1 Å². The molecular formula is C13H21N3O3S. The zero-order valence-electron chi connectivity index (χ0n) is 12.0. The van der Waals surface area contributed by atoms with Gasteiger partial charge in [0, 0.05) is 36.6 Å². The summed E-state index contributed by atoms with van der Waals surface area (Å²) in [4.78, 5) is 28.5. The summed E-state index contributed by atoms with van der Waals surface area (Å²) >= 11 is 1.56. The van der Waals surface area contributed by atoms with Crippen molar-refractivity contribution in [3.05, 3.63) is 16.6 Å². The third-order valence-electron chi connectivity index (χ3n) is 3.04. The fourth-order valence-corrected chi connectivity index (χ4v) is 2.62. The molecule has 0 aliphatic carbocycles. The first-order valence-corrected chi connectivity index (χ1v) is 7.49. The van der Waals surface area contributed by atoms with E-state index in [4.69, 9.17) is 5.11 Å². The zero-order valence-corrected chi connectivity index (χ0v) is 12.8. The lowest BCUT2D eigenvalue weighted by atomic mass is 10.2. The van der Waals surface area contributed by atoms with Gasteiger partial charge >= 0.3 is 12.0 Å². The van der Waals surface area contributed by atoms with Crippen molar-refractivity contribution in [2.24, 2.45) is 0 Å². The Morgan fingerprint density at radius 3 is 2.70 bits per heavy atom. The highest BCUT2D eigenvalue weighted by atomic mass is 32.1. The maximum absolute atomic E-state index is 12.1. The number of nitrogens with one attached hydrogen (secondary N) is 1. The largest absolute Gasteiger partial charge is 0.481 e. The molecule has 1 rings (SSSR count). The molecule has 2 N–H and O–H groups in total. The van der Waals surface area contributed by atoms with Gasteiger partial charge in [-0.15, -0.1) is 11.3 Å². The molecule has 2 unspecified atom stereocenters. The first-order chi connectivity index (χ1) is 9.45. The number of carboxylic acids is 1. The van der Waals surface area contributed by atoms with Gasteiger partial charge in [0.15, 0.2) is 0 Å². The molecule has 0 fully saturated rings. The standard InChI is InChI=1S/C13H21N3O3S/c1-4-16(10(3)7-11(17)18)13(19)15-8-9(2)12-14-5-6-20-12/h5-6,9-10H,4,7-8H2,1-3H3,(H,15,19)(H,17,18). The van der Waals surface area contributed by atoms with E-state index in [1.807, 2.05) is 19.2 Å². The van der Waals surface area contributed by atoms with Crippen LogP contribution in [0.15, 0.2) is 11.6 Å². The Morgan fingerprint density at radius 2 is 2.20 bits per heavy atom. The molecule has 6 nitrogen and oxygen atoms in total. The molecule has 1 aromatic heterocycles. The van der Waals surface area contributed by atoms with Gasteiger partial charge in [-0.2, -0.15) is 0 Å². The van der Waals surface area contributed by atoms with Crippen molar-refractivity contribution in [3.8, 4) is 0 Å². The van der Waals surface area contributed by atoms with Crippen LogP contribution < -0.4 is 5.32 Å². The lowest BCUT2D eigenvalue weighted by Gasteiger charge is -2.27. The minimum Gasteiger partial charge on any atom is -0.481 e. The number of hydrogen-bond acceptors (Lipinski definition) is 4. The van der Waals surface area contributed by atoms with Crippen molar-refractivity contribution in [1.29, 1.82) is 0 Å². The van der Waals surface area contributed by atoms with Crippen LogP contribution in [0.4, 0.5) is 4.79 Å². The van der Waals surface area contributed by atoms with Gasteiger partial charge in [0.05, 0.1) is 11.4 Å². The Balaban J connectivity index is 2.49. The Labute approximate surface area is 122 Å². The van der Waals surface area contributed by atoms with Crippen LogP contribution in [-0.2, 0) is 4.79 Å². The van der Waals surface area contributed by atoms with E-state index in [2.05, 4.69) is 10.3 Å². The maximum Gasteiger partial charge on any atom is 0.317 e. The van der Waals surface area contributed by atoms with Gasteiger partial charge in [0.25, 0.3) is 0 Å². The van der Waals surface area contributed by atoms with Crippen LogP contribution in [0.1, 0.15) is 38.1 Å². The molecule has 0 spiro atoms. The van der Waals surface area contributed by atoms with Crippen LogP contribution in [0.3, 0.4) is 0 Å². The Hall–Kier alpha value is -1.63. The zero-order chi connectivity index (χ0) is 15.1. The highest BCUT2D eigenvalue weighted by Gasteiger charge is 2.21. The molecule has 112 valence electrons. The summed E-state index contributed by atoms with van der Waals surface area (Å²) < 4.78 is 0. The van der Waals surface area contributed by atoms with E-state index >= 15 is 0 Å². The van der Waals surface area contributed by atoms with E-state index < -0.39 is 5.97 Å². The molecule has 1 heterocycles. The van der Waals surface area contributed by atoms with Crippen LogP contribution in [0, 0.1) is 0 Å². The first-order valence-electron chi connectivity index (χ1n) is 6.61.